The number of rotatable bonds is 9. The monoisotopic (exact) mass is 532 g/mol. The molecule has 10 heteroatoms. The lowest BCUT2D eigenvalue weighted by Crippen LogP contribution is -2.33. The Morgan fingerprint density at radius 2 is 1.92 bits per heavy atom. The molecule has 4 aromatic rings. The molecule has 0 spiro atoms. The summed E-state index contributed by atoms with van der Waals surface area (Å²) in [5.74, 6) is 1.62. The van der Waals surface area contributed by atoms with E-state index in [1.54, 1.807) is 38.2 Å². The fraction of sp³-hybridized carbons (Fsp3) is 0.321. The Bertz CT molecular complexity index is 1630. The first-order chi connectivity index (χ1) is 18.3. The maximum atomic E-state index is 13.1. The standard InChI is InChI=1S/C28H28N4O5S/c1-28(2)25(37-17-33)21-14-20(10-11-23(21)38(28,34)35)30-26-24-22(32(31-26)15-18-8-9-18)12-13-29-27(24)36-16-19-6-4-3-5-7-19/h3-7,10-14,17-18,25H,8-9,15-16H2,1-2H3,(H,30,31). The predicted octanol–water partition coefficient (Wildman–Crippen LogP) is 4.94. The van der Waals surface area contributed by atoms with Crippen molar-refractivity contribution in [2.75, 3.05) is 5.32 Å². The topological polar surface area (TPSA) is 112 Å². The fourth-order valence-electron chi connectivity index (χ4n) is 5.01. The molecular formula is C28H28N4O5S. The van der Waals surface area contributed by atoms with Gasteiger partial charge in [0.05, 0.1) is 10.4 Å². The fourth-order valence-corrected chi connectivity index (χ4v) is 6.76. The molecular weight excluding hydrogens is 504 g/mol. The summed E-state index contributed by atoms with van der Waals surface area (Å²) in [6.45, 7) is 4.59. The van der Waals surface area contributed by atoms with Crippen LogP contribution in [0.1, 0.15) is 43.9 Å². The van der Waals surface area contributed by atoms with Crippen molar-refractivity contribution in [2.24, 2.45) is 5.92 Å². The van der Waals surface area contributed by atoms with Gasteiger partial charge in [0.25, 0.3) is 6.47 Å². The van der Waals surface area contributed by atoms with E-state index < -0.39 is 20.7 Å². The summed E-state index contributed by atoms with van der Waals surface area (Å²) >= 11 is 0. The second-order valence-electron chi connectivity index (χ2n) is 10.4. The highest BCUT2D eigenvalue weighted by molar-refractivity contribution is 7.93. The molecule has 1 fully saturated rings. The molecule has 0 bridgehead atoms. The van der Waals surface area contributed by atoms with Crippen LogP contribution in [-0.4, -0.2) is 34.4 Å². The third-order valence-corrected chi connectivity index (χ3v) is 9.89. The van der Waals surface area contributed by atoms with Crippen LogP contribution in [-0.2, 0) is 32.5 Å². The van der Waals surface area contributed by atoms with E-state index in [0.29, 0.717) is 41.9 Å². The zero-order valence-corrected chi connectivity index (χ0v) is 21.9. The van der Waals surface area contributed by atoms with Crippen molar-refractivity contribution in [1.29, 1.82) is 0 Å². The van der Waals surface area contributed by atoms with Crippen LogP contribution >= 0.6 is 0 Å². The van der Waals surface area contributed by atoms with E-state index in [1.807, 2.05) is 41.1 Å². The van der Waals surface area contributed by atoms with Crippen LogP contribution in [0.2, 0.25) is 0 Å². The molecule has 9 nitrogen and oxygen atoms in total. The lowest BCUT2D eigenvalue weighted by atomic mass is 9.98. The second kappa shape index (κ2) is 9.13. The molecule has 1 aliphatic heterocycles. The smallest absolute Gasteiger partial charge is 0.293 e. The minimum atomic E-state index is -3.68. The molecule has 2 aromatic carbocycles. The highest BCUT2D eigenvalue weighted by Crippen LogP contribution is 2.49. The first-order valence-corrected chi connectivity index (χ1v) is 14.0. The zero-order valence-electron chi connectivity index (χ0n) is 21.1. The van der Waals surface area contributed by atoms with Crippen LogP contribution in [0, 0.1) is 5.92 Å². The largest absolute Gasteiger partial charge is 0.472 e. The first-order valence-electron chi connectivity index (χ1n) is 12.6. The molecule has 38 heavy (non-hydrogen) atoms. The Hall–Kier alpha value is -3.92. The van der Waals surface area contributed by atoms with Gasteiger partial charge >= 0.3 is 0 Å². The third kappa shape index (κ3) is 4.09. The maximum absolute atomic E-state index is 13.1. The van der Waals surface area contributed by atoms with Gasteiger partial charge in [-0.1, -0.05) is 30.3 Å². The Labute approximate surface area is 220 Å². The van der Waals surface area contributed by atoms with E-state index in [0.717, 1.165) is 23.0 Å². The van der Waals surface area contributed by atoms with Gasteiger partial charge in [-0.05, 0) is 62.4 Å². The SMILES string of the molecule is CC1(C)C(OC=O)c2cc(Nc3nn(CC4CC4)c4ccnc(OCc5ccccc5)c34)ccc2S1(=O)=O. The van der Waals surface area contributed by atoms with Crippen LogP contribution in [0.25, 0.3) is 10.9 Å². The van der Waals surface area contributed by atoms with Crippen molar-refractivity contribution < 1.29 is 22.7 Å². The summed E-state index contributed by atoms with van der Waals surface area (Å²) < 4.78 is 38.4. The summed E-state index contributed by atoms with van der Waals surface area (Å²) in [6, 6.07) is 16.8. The van der Waals surface area contributed by atoms with Crippen LogP contribution in [0.4, 0.5) is 11.5 Å². The quantitative estimate of drug-likeness (QED) is 0.302. The van der Waals surface area contributed by atoms with Crippen molar-refractivity contribution in [3.05, 3.63) is 71.9 Å². The van der Waals surface area contributed by atoms with Gasteiger partial charge in [0, 0.05) is 24.0 Å². The third-order valence-electron chi connectivity index (χ3n) is 7.34. The highest BCUT2D eigenvalue weighted by Gasteiger charge is 2.53. The van der Waals surface area contributed by atoms with Crippen LogP contribution < -0.4 is 10.1 Å². The van der Waals surface area contributed by atoms with E-state index in [9.17, 15) is 13.2 Å². The summed E-state index contributed by atoms with van der Waals surface area (Å²) in [4.78, 5) is 15.9. The number of nitrogens with zero attached hydrogens (tertiary/aromatic N) is 3. The number of aromatic nitrogens is 3. The number of ether oxygens (including phenoxy) is 2. The molecule has 1 saturated carbocycles. The van der Waals surface area contributed by atoms with Gasteiger partial charge in [-0.3, -0.25) is 9.48 Å². The van der Waals surface area contributed by atoms with Crippen LogP contribution in [0.3, 0.4) is 0 Å². The number of pyridine rings is 1. The normalized spacial score (nSPS) is 19.2. The lowest BCUT2D eigenvalue weighted by Gasteiger charge is -2.24. The van der Waals surface area contributed by atoms with E-state index in [4.69, 9.17) is 14.6 Å². The number of anilines is 2. The number of benzene rings is 2. The Balaban J connectivity index is 1.39. The Morgan fingerprint density at radius 3 is 2.66 bits per heavy atom. The Morgan fingerprint density at radius 1 is 1.13 bits per heavy atom. The van der Waals surface area contributed by atoms with E-state index >= 15 is 0 Å². The molecule has 0 radical (unpaired) electrons. The number of carbonyl (C=O) groups excluding carboxylic acids is 1. The van der Waals surface area contributed by atoms with Crippen molar-refractivity contribution >= 4 is 38.7 Å². The molecule has 196 valence electrons. The molecule has 1 atom stereocenters. The van der Waals surface area contributed by atoms with Crippen molar-refractivity contribution in [3.8, 4) is 5.88 Å². The van der Waals surface area contributed by atoms with Gasteiger partial charge in [-0.15, -0.1) is 0 Å². The number of hydrogen-bond donors (Lipinski definition) is 1. The van der Waals surface area contributed by atoms with E-state index in [-0.39, 0.29) is 4.90 Å². The molecule has 2 aliphatic rings. The van der Waals surface area contributed by atoms with Crippen molar-refractivity contribution in [2.45, 2.75) is 55.6 Å². The number of nitrogens with one attached hydrogen (secondary N) is 1. The van der Waals surface area contributed by atoms with Crippen LogP contribution in [0.5, 0.6) is 5.88 Å². The average Bonchev–Trinajstić information content (AvgIpc) is 3.64. The highest BCUT2D eigenvalue weighted by atomic mass is 32.2. The zero-order chi connectivity index (χ0) is 26.5. The number of carbonyl (C=O) groups is 1. The summed E-state index contributed by atoms with van der Waals surface area (Å²) in [6.07, 6.45) is 3.16. The molecule has 2 aromatic heterocycles. The summed E-state index contributed by atoms with van der Waals surface area (Å²) in [5, 5.41) is 8.97. The predicted molar refractivity (Wildman–Crippen MR) is 142 cm³/mol. The first kappa shape index (κ1) is 24.4. The molecule has 0 amide bonds. The van der Waals surface area contributed by atoms with E-state index in [1.165, 1.54) is 12.8 Å². The van der Waals surface area contributed by atoms with E-state index in [2.05, 4.69) is 10.3 Å². The van der Waals surface area contributed by atoms with Gasteiger partial charge in [0.15, 0.2) is 15.7 Å². The van der Waals surface area contributed by atoms with Gasteiger partial charge in [0.2, 0.25) is 5.88 Å². The molecule has 3 heterocycles. The molecule has 1 N–H and O–H groups in total. The minimum Gasteiger partial charge on any atom is -0.472 e. The van der Waals surface area contributed by atoms with Crippen molar-refractivity contribution in [1.82, 2.24) is 14.8 Å². The minimum absolute atomic E-state index is 0.164. The molecule has 1 aliphatic carbocycles. The Kier molecular flexibility index (Phi) is 5.86. The summed E-state index contributed by atoms with van der Waals surface area (Å²) in [7, 11) is -3.68. The second-order valence-corrected chi connectivity index (χ2v) is 12.9. The maximum Gasteiger partial charge on any atom is 0.293 e. The van der Waals surface area contributed by atoms with Gasteiger partial charge in [-0.2, -0.15) is 5.10 Å². The summed E-state index contributed by atoms with van der Waals surface area (Å²) in [5.41, 5.74) is 2.99. The van der Waals surface area contributed by atoms with Crippen LogP contribution in [0.15, 0.2) is 65.7 Å². The van der Waals surface area contributed by atoms with Gasteiger partial charge < -0.3 is 14.8 Å². The molecule has 1 unspecified atom stereocenters. The lowest BCUT2D eigenvalue weighted by molar-refractivity contribution is -0.135. The average molecular weight is 533 g/mol. The van der Waals surface area contributed by atoms with Crippen molar-refractivity contribution in [3.63, 3.8) is 0 Å². The van der Waals surface area contributed by atoms with Gasteiger partial charge in [-0.25, -0.2) is 13.4 Å². The van der Waals surface area contributed by atoms with Gasteiger partial charge in [0.1, 0.15) is 22.8 Å². The molecule has 0 saturated heterocycles. The number of sulfone groups is 1. The number of fused-ring (bicyclic) bond motifs is 2. The molecule has 6 rings (SSSR count). The number of hydrogen-bond acceptors (Lipinski definition) is 8.